The van der Waals surface area contributed by atoms with Crippen LogP contribution >= 0.6 is 0 Å². The fourth-order valence-electron chi connectivity index (χ4n) is 3.35. The Hall–Kier alpha value is -0.860. The molecule has 1 aromatic rings. The van der Waals surface area contributed by atoms with E-state index in [0.29, 0.717) is 12.1 Å². The van der Waals surface area contributed by atoms with Crippen molar-refractivity contribution in [1.82, 2.24) is 4.90 Å². The number of hydrogen-bond acceptors (Lipinski definition) is 2. The molecule has 0 saturated carbocycles. The average Bonchev–Trinajstić information content (AvgIpc) is 2.46. The van der Waals surface area contributed by atoms with E-state index in [1.807, 2.05) is 7.11 Å². The van der Waals surface area contributed by atoms with Crippen LogP contribution in [0, 0.1) is 0 Å². The zero-order chi connectivity index (χ0) is 13.7. The van der Waals surface area contributed by atoms with Crippen molar-refractivity contribution in [2.24, 2.45) is 0 Å². The minimum absolute atomic E-state index is 0.341. The summed E-state index contributed by atoms with van der Waals surface area (Å²) in [7, 11) is 1.86. The first-order chi connectivity index (χ1) is 9.31. The lowest BCUT2D eigenvalue weighted by Gasteiger charge is -2.40. The van der Waals surface area contributed by atoms with Gasteiger partial charge in [0.1, 0.15) is 0 Å². The monoisotopic (exact) mass is 261 g/mol. The van der Waals surface area contributed by atoms with E-state index in [2.05, 4.69) is 43.0 Å². The Bertz CT molecular complexity index is 385. The Morgan fingerprint density at radius 1 is 1.16 bits per heavy atom. The van der Waals surface area contributed by atoms with Crippen LogP contribution < -0.4 is 0 Å². The molecule has 0 aromatic heterocycles. The molecule has 0 fully saturated rings. The molecule has 0 bridgehead atoms. The fourth-order valence-corrected chi connectivity index (χ4v) is 3.35. The summed E-state index contributed by atoms with van der Waals surface area (Å²) in [6.45, 7) is 6.85. The third kappa shape index (κ3) is 3.18. The lowest BCUT2D eigenvalue weighted by atomic mass is 9.84. The van der Waals surface area contributed by atoms with Gasteiger partial charge >= 0.3 is 0 Å². The van der Waals surface area contributed by atoms with E-state index >= 15 is 0 Å². The van der Waals surface area contributed by atoms with Crippen LogP contribution in [0.25, 0.3) is 0 Å². The molecule has 0 saturated heterocycles. The van der Waals surface area contributed by atoms with Crippen LogP contribution in [0.5, 0.6) is 0 Å². The first-order valence-corrected chi connectivity index (χ1v) is 7.66. The molecule has 106 valence electrons. The maximum absolute atomic E-state index is 5.79. The molecule has 1 aliphatic carbocycles. The quantitative estimate of drug-likeness (QED) is 0.772. The SMILES string of the molecule is CCCN(CCC)C1c2ccccc2CCC1OC. The summed E-state index contributed by atoms with van der Waals surface area (Å²) < 4.78 is 5.79. The van der Waals surface area contributed by atoms with Gasteiger partial charge in [0, 0.05) is 7.11 Å². The zero-order valence-corrected chi connectivity index (χ0v) is 12.6. The van der Waals surface area contributed by atoms with Crippen LogP contribution in [-0.4, -0.2) is 31.2 Å². The third-order valence-corrected chi connectivity index (χ3v) is 4.14. The summed E-state index contributed by atoms with van der Waals surface area (Å²) in [4.78, 5) is 2.62. The second-order valence-electron chi connectivity index (χ2n) is 5.49. The zero-order valence-electron chi connectivity index (χ0n) is 12.6. The van der Waals surface area contributed by atoms with Gasteiger partial charge in [0.05, 0.1) is 12.1 Å². The van der Waals surface area contributed by atoms with Crippen molar-refractivity contribution in [3.63, 3.8) is 0 Å². The Morgan fingerprint density at radius 3 is 2.47 bits per heavy atom. The highest BCUT2D eigenvalue weighted by Crippen LogP contribution is 2.36. The van der Waals surface area contributed by atoms with E-state index in [1.165, 1.54) is 24.0 Å². The molecular formula is C17H27NO. The van der Waals surface area contributed by atoms with Crippen molar-refractivity contribution in [2.75, 3.05) is 20.2 Å². The van der Waals surface area contributed by atoms with Gasteiger partial charge in [-0.15, -0.1) is 0 Å². The number of nitrogens with zero attached hydrogens (tertiary/aromatic N) is 1. The minimum Gasteiger partial charge on any atom is -0.379 e. The fraction of sp³-hybridized carbons (Fsp3) is 0.647. The van der Waals surface area contributed by atoms with Crippen LogP contribution in [0.1, 0.15) is 50.3 Å². The molecule has 1 aliphatic rings. The van der Waals surface area contributed by atoms with E-state index in [1.54, 1.807) is 0 Å². The molecule has 2 nitrogen and oxygen atoms in total. The van der Waals surface area contributed by atoms with E-state index in [4.69, 9.17) is 4.74 Å². The second-order valence-corrected chi connectivity index (χ2v) is 5.49. The Labute approximate surface area is 117 Å². The molecule has 0 N–H and O–H groups in total. The van der Waals surface area contributed by atoms with E-state index < -0.39 is 0 Å². The molecule has 1 aromatic carbocycles. The standard InChI is InChI=1S/C17H27NO/c1-4-12-18(13-5-2)17-15-9-7-6-8-14(15)10-11-16(17)19-3/h6-9,16-17H,4-5,10-13H2,1-3H3. The molecule has 19 heavy (non-hydrogen) atoms. The van der Waals surface area contributed by atoms with E-state index in [0.717, 1.165) is 25.9 Å². The number of hydrogen-bond donors (Lipinski definition) is 0. The average molecular weight is 261 g/mol. The number of ether oxygens (including phenoxy) is 1. The highest BCUT2D eigenvalue weighted by Gasteiger charge is 2.33. The lowest BCUT2D eigenvalue weighted by molar-refractivity contribution is 0.00138. The topological polar surface area (TPSA) is 12.5 Å². The molecule has 2 atom stereocenters. The van der Waals surface area contributed by atoms with Crippen LogP contribution in [0.3, 0.4) is 0 Å². The number of methoxy groups -OCH3 is 1. The van der Waals surface area contributed by atoms with Gasteiger partial charge in [-0.3, -0.25) is 4.90 Å². The van der Waals surface area contributed by atoms with Gasteiger partial charge in [-0.05, 0) is 49.9 Å². The second kappa shape index (κ2) is 7.06. The van der Waals surface area contributed by atoms with Gasteiger partial charge < -0.3 is 4.74 Å². The van der Waals surface area contributed by atoms with Crippen molar-refractivity contribution in [2.45, 2.75) is 51.7 Å². The maximum Gasteiger partial charge on any atom is 0.0771 e. The number of fused-ring (bicyclic) bond motifs is 1. The molecule has 0 aliphatic heterocycles. The summed E-state index contributed by atoms with van der Waals surface area (Å²) in [6.07, 6.45) is 5.04. The summed E-state index contributed by atoms with van der Waals surface area (Å²) in [5.41, 5.74) is 3.00. The molecule has 0 radical (unpaired) electrons. The van der Waals surface area contributed by atoms with Crippen molar-refractivity contribution >= 4 is 0 Å². The minimum atomic E-state index is 0.341. The summed E-state index contributed by atoms with van der Waals surface area (Å²) in [5, 5.41) is 0. The molecule has 0 amide bonds. The third-order valence-electron chi connectivity index (χ3n) is 4.14. The first kappa shape index (κ1) is 14.5. The van der Waals surface area contributed by atoms with Crippen molar-refractivity contribution in [3.05, 3.63) is 35.4 Å². The van der Waals surface area contributed by atoms with Gasteiger partial charge in [0.15, 0.2) is 0 Å². The number of benzene rings is 1. The van der Waals surface area contributed by atoms with Crippen LogP contribution in [0.4, 0.5) is 0 Å². The molecule has 2 rings (SSSR count). The molecular weight excluding hydrogens is 234 g/mol. The van der Waals surface area contributed by atoms with Gasteiger partial charge in [-0.25, -0.2) is 0 Å². The summed E-state index contributed by atoms with van der Waals surface area (Å²) >= 11 is 0. The van der Waals surface area contributed by atoms with Gasteiger partial charge in [0.2, 0.25) is 0 Å². The van der Waals surface area contributed by atoms with Crippen molar-refractivity contribution < 1.29 is 4.74 Å². The Kier molecular flexibility index (Phi) is 5.41. The molecule has 2 unspecified atom stereocenters. The smallest absolute Gasteiger partial charge is 0.0771 e. The van der Waals surface area contributed by atoms with Crippen LogP contribution in [-0.2, 0) is 11.2 Å². The van der Waals surface area contributed by atoms with Gasteiger partial charge in [0.25, 0.3) is 0 Å². The van der Waals surface area contributed by atoms with Crippen LogP contribution in [0.2, 0.25) is 0 Å². The predicted molar refractivity (Wildman–Crippen MR) is 80.5 cm³/mol. The lowest BCUT2D eigenvalue weighted by Crippen LogP contribution is -2.41. The highest BCUT2D eigenvalue weighted by molar-refractivity contribution is 5.33. The maximum atomic E-state index is 5.79. The van der Waals surface area contributed by atoms with Gasteiger partial charge in [-0.2, -0.15) is 0 Å². The molecule has 0 heterocycles. The van der Waals surface area contributed by atoms with E-state index in [-0.39, 0.29) is 0 Å². The van der Waals surface area contributed by atoms with Crippen molar-refractivity contribution in [3.8, 4) is 0 Å². The molecule has 2 heteroatoms. The predicted octanol–water partition coefficient (Wildman–Crippen LogP) is 3.81. The largest absolute Gasteiger partial charge is 0.379 e. The molecule has 0 spiro atoms. The number of aryl methyl sites for hydroxylation is 1. The summed E-state index contributed by atoms with van der Waals surface area (Å²) in [5.74, 6) is 0. The Balaban J connectivity index is 2.31. The van der Waals surface area contributed by atoms with Crippen molar-refractivity contribution in [1.29, 1.82) is 0 Å². The summed E-state index contributed by atoms with van der Waals surface area (Å²) in [6, 6.07) is 9.34. The number of rotatable bonds is 6. The van der Waals surface area contributed by atoms with Gasteiger partial charge in [-0.1, -0.05) is 38.1 Å². The Morgan fingerprint density at radius 2 is 1.84 bits per heavy atom. The first-order valence-electron chi connectivity index (χ1n) is 7.66. The van der Waals surface area contributed by atoms with Crippen LogP contribution in [0.15, 0.2) is 24.3 Å². The van der Waals surface area contributed by atoms with E-state index in [9.17, 15) is 0 Å². The highest BCUT2D eigenvalue weighted by atomic mass is 16.5. The normalized spacial score (nSPS) is 22.5.